The van der Waals surface area contributed by atoms with Crippen LogP contribution in [0.1, 0.15) is 65.2 Å². The van der Waals surface area contributed by atoms with Crippen LogP contribution in [0.15, 0.2) is 12.7 Å². The smallest absolute Gasteiger partial charge is 0.0834 e. The van der Waals surface area contributed by atoms with E-state index in [4.69, 9.17) is 4.74 Å². The topological polar surface area (TPSA) is 21.3 Å². The van der Waals surface area contributed by atoms with Crippen LogP contribution in [-0.4, -0.2) is 24.8 Å². The molecule has 0 heterocycles. The molecular weight excluding hydrogens is 222 g/mol. The minimum absolute atomic E-state index is 0.116. The molecule has 1 fully saturated rings. The molecule has 1 unspecified atom stereocenters. The van der Waals surface area contributed by atoms with Gasteiger partial charge in [0.1, 0.15) is 0 Å². The Morgan fingerprint density at radius 1 is 1.33 bits per heavy atom. The Hall–Kier alpha value is -0.340. The van der Waals surface area contributed by atoms with Gasteiger partial charge < -0.3 is 10.1 Å². The Kier molecular flexibility index (Phi) is 7.60. The zero-order valence-electron chi connectivity index (χ0n) is 12.3. The van der Waals surface area contributed by atoms with Crippen LogP contribution >= 0.6 is 0 Å². The Bertz CT molecular complexity index is 221. The quantitative estimate of drug-likeness (QED) is 0.468. The Balaban J connectivity index is 2.60. The van der Waals surface area contributed by atoms with Gasteiger partial charge in [-0.2, -0.15) is 0 Å². The van der Waals surface area contributed by atoms with Gasteiger partial charge in [0.05, 0.1) is 5.60 Å². The van der Waals surface area contributed by atoms with Crippen molar-refractivity contribution in [3.8, 4) is 0 Å². The van der Waals surface area contributed by atoms with Gasteiger partial charge in [0.15, 0.2) is 0 Å². The molecular formula is C16H31NO. The summed E-state index contributed by atoms with van der Waals surface area (Å²) < 4.78 is 6.19. The first kappa shape index (κ1) is 15.7. The fourth-order valence-electron chi connectivity index (χ4n) is 3.19. The molecule has 0 aromatic heterocycles. The van der Waals surface area contributed by atoms with E-state index >= 15 is 0 Å². The van der Waals surface area contributed by atoms with E-state index in [2.05, 4.69) is 25.7 Å². The molecule has 1 aliphatic carbocycles. The van der Waals surface area contributed by atoms with Crippen LogP contribution in [0.4, 0.5) is 0 Å². The molecule has 0 aromatic rings. The van der Waals surface area contributed by atoms with E-state index in [0.717, 1.165) is 19.6 Å². The van der Waals surface area contributed by atoms with Crippen LogP contribution in [0.3, 0.4) is 0 Å². The summed E-state index contributed by atoms with van der Waals surface area (Å²) in [5, 5.41) is 3.74. The second-order valence-electron chi connectivity index (χ2n) is 5.43. The van der Waals surface area contributed by atoms with Gasteiger partial charge in [0, 0.05) is 12.6 Å². The van der Waals surface area contributed by atoms with E-state index in [9.17, 15) is 0 Å². The first-order chi connectivity index (χ1) is 8.79. The largest absolute Gasteiger partial charge is 0.374 e. The highest BCUT2D eigenvalue weighted by molar-refractivity contribution is 4.97. The predicted molar refractivity (Wildman–Crippen MR) is 79.0 cm³/mol. The fraction of sp³-hybridized carbons (Fsp3) is 0.875. The van der Waals surface area contributed by atoms with Gasteiger partial charge in [-0.05, 0) is 52.0 Å². The van der Waals surface area contributed by atoms with Crippen LogP contribution in [0, 0.1) is 0 Å². The van der Waals surface area contributed by atoms with Gasteiger partial charge in [-0.1, -0.05) is 25.8 Å². The first-order valence-electron chi connectivity index (χ1n) is 7.77. The molecule has 2 nitrogen and oxygen atoms in total. The molecule has 0 radical (unpaired) electrons. The van der Waals surface area contributed by atoms with E-state index < -0.39 is 0 Å². The summed E-state index contributed by atoms with van der Waals surface area (Å²) in [5.74, 6) is 0. The minimum atomic E-state index is 0.116. The van der Waals surface area contributed by atoms with Gasteiger partial charge in [-0.15, -0.1) is 6.58 Å². The van der Waals surface area contributed by atoms with Crippen molar-refractivity contribution >= 4 is 0 Å². The summed E-state index contributed by atoms with van der Waals surface area (Å²) in [4.78, 5) is 0. The lowest BCUT2D eigenvalue weighted by molar-refractivity contribution is -0.0634. The van der Waals surface area contributed by atoms with Gasteiger partial charge in [-0.3, -0.25) is 0 Å². The summed E-state index contributed by atoms with van der Waals surface area (Å²) in [6.07, 6.45) is 11.9. The number of ether oxygens (including phenoxy) is 1. The van der Waals surface area contributed by atoms with Crippen molar-refractivity contribution in [3.05, 3.63) is 12.7 Å². The number of hydrogen-bond donors (Lipinski definition) is 1. The zero-order chi connectivity index (χ0) is 13.3. The van der Waals surface area contributed by atoms with Crippen molar-refractivity contribution < 1.29 is 4.74 Å². The lowest BCUT2D eigenvalue weighted by Crippen LogP contribution is -2.51. The highest BCUT2D eigenvalue weighted by Gasteiger charge is 2.41. The zero-order valence-corrected chi connectivity index (χ0v) is 12.3. The summed E-state index contributed by atoms with van der Waals surface area (Å²) in [6, 6.07) is 0.528. The molecule has 1 N–H and O–H groups in total. The van der Waals surface area contributed by atoms with Crippen molar-refractivity contribution in [1.82, 2.24) is 5.32 Å². The van der Waals surface area contributed by atoms with E-state index in [1.807, 2.05) is 6.08 Å². The maximum Gasteiger partial charge on any atom is 0.0834 e. The third-order valence-electron chi connectivity index (χ3n) is 4.06. The molecule has 0 aromatic carbocycles. The second kappa shape index (κ2) is 8.71. The van der Waals surface area contributed by atoms with E-state index in [1.54, 1.807) is 0 Å². The van der Waals surface area contributed by atoms with Gasteiger partial charge in [0.25, 0.3) is 0 Å². The number of unbranched alkanes of at least 4 members (excludes halogenated alkanes) is 1. The molecule has 1 atom stereocenters. The fourth-order valence-corrected chi connectivity index (χ4v) is 3.19. The molecule has 0 spiro atoms. The van der Waals surface area contributed by atoms with Crippen LogP contribution in [-0.2, 0) is 4.74 Å². The molecule has 0 saturated heterocycles. The van der Waals surface area contributed by atoms with E-state index in [0.29, 0.717) is 6.04 Å². The summed E-state index contributed by atoms with van der Waals surface area (Å²) in [7, 11) is 0. The standard InChI is InChI=1S/C16H31NO/c1-4-7-8-11-15(17-14-5-2)16(18-6-3)12-9-10-13-16/h4,15,17H,1,5-14H2,2-3H3. The number of allylic oxidation sites excluding steroid dienone is 1. The molecule has 1 rings (SSSR count). The molecule has 0 bridgehead atoms. The maximum absolute atomic E-state index is 6.19. The number of hydrogen-bond acceptors (Lipinski definition) is 2. The van der Waals surface area contributed by atoms with Crippen LogP contribution < -0.4 is 5.32 Å². The third-order valence-corrected chi connectivity index (χ3v) is 4.06. The van der Waals surface area contributed by atoms with Gasteiger partial charge in [0.2, 0.25) is 0 Å². The number of nitrogens with one attached hydrogen (secondary N) is 1. The van der Waals surface area contributed by atoms with Crippen molar-refractivity contribution in [2.75, 3.05) is 13.2 Å². The molecule has 106 valence electrons. The molecule has 18 heavy (non-hydrogen) atoms. The molecule has 1 saturated carbocycles. The average Bonchev–Trinajstić information content (AvgIpc) is 2.83. The molecule has 1 aliphatic rings. The summed E-state index contributed by atoms with van der Waals surface area (Å²) in [6.45, 7) is 10.1. The normalized spacial score (nSPS) is 19.9. The van der Waals surface area contributed by atoms with Crippen LogP contribution in [0.25, 0.3) is 0 Å². The minimum Gasteiger partial charge on any atom is -0.374 e. The maximum atomic E-state index is 6.19. The lowest BCUT2D eigenvalue weighted by atomic mass is 9.88. The van der Waals surface area contributed by atoms with Crippen molar-refractivity contribution in [2.45, 2.75) is 76.9 Å². The Morgan fingerprint density at radius 2 is 2.06 bits per heavy atom. The average molecular weight is 253 g/mol. The van der Waals surface area contributed by atoms with Crippen molar-refractivity contribution in [2.24, 2.45) is 0 Å². The van der Waals surface area contributed by atoms with Crippen molar-refractivity contribution in [1.29, 1.82) is 0 Å². The Morgan fingerprint density at radius 3 is 2.61 bits per heavy atom. The Labute approximate surface area is 113 Å². The highest BCUT2D eigenvalue weighted by Crippen LogP contribution is 2.37. The van der Waals surface area contributed by atoms with E-state index in [1.165, 1.54) is 44.9 Å². The summed E-state index contributed by atoms with van der Waals surface area (Å²) >= 11 is 0. The van der Waals surface area contributed by atoms with Crippen LogP contribution in [0.2, 0.25) is 0 Å². The predicted octanol–water partition coefficient (Wildman–Crippen LogP) is 4.06. The second-order valence-corrected chi connectivity index (χ2v) is 5.43. The van der Waals surface area contributed by atoms with Gasteiger partial charge in [-0.25, -0.2) is 0 Å². The van der Waals surface area contributed by atoms with Crippen molar-refractivity contribution in [3.63, 3.8) is 0 Å². The third kappa shape index (κ3) is 4.40. The van der Waals surface area contributed by atoms with Crippen LogP contribution in [0.5, 0.6) is 0 Å². The lowest BCUT2D eigenvalue weighted by Gasteiger charge is -2.38. The first-order valence-corrected chi connectivity index (χ1v) is 7.77. The number of rotatable bonds is 10. The molecule has 0 aliphatic heterocycles. The van der Waals surface area contributed by atoms with E-state index in [-0.39, 0.29) is 5.60 Å². The monoisotopic (exact) mass is 253 g/mol. The molecule has 0 amide bonds. The summed E-state index contributed by atoms with van der Waals surface area (Å²) in [5.41, 5.74) is 0.116. The molecule has 2 heteroatoms. The van der Waals surface area contributed by atoms with Gasteiger partial charge >= 0.3 is 0 Å². The highest BCUT2D eigenvalue weighted by atomic mass is 16.5. The SMILES string of the molecule is C=CCCCC(NCCC)C1(OCC)CCCC1.